The second-order valence-electron chi connectivity index (χ2n) is 5.74. The van der Waals surface area contributed by atoms with E-state index in [1.807, 2.05) is 37.3 Å². The van der Waals surface area contributed by atoms with E-state index in [2.05, 4.69) is 4.98 Å². The van der Waals surface area contributed by atoms with Gasteiger partial charge in [0.15, 0.2) is 12.1 Å². The minimum atomic E-state index is -1.63. The molecular formula is C19H14ClNO3. The average Bonchev–Trinajstić information content (AvgIpc) is 2.98. The van der Waals surface area contributed by atoms with E-state index in [9.17, 15) is 10.2 Å². The molecule has 5 heteroatoms. The summed E-state index contributed by atoms with van der Waals surface area (Å²) in [6, 6.07) is 14.7. The van der Waals surface area contributed by atoms with E-state index in [1.165, 1.54) is 0 Å². The normalized spacial score (nSPS) is 11.7. The lowest BCUT2D eigenvalue weighted by Gasteiger charge is -2.12. The van der Waals surface area contributed by atoms with Gasteiger partial charge in [0.2, 0.25) is 0 Å². The van der Waals surface area contributed by atoms with Crippen molar-refractivity contribution < 1.29 is 14.6 Å². The first-order valence-electron chi connectivity index (χ1n) is 7.49. The van der Waals surface area contributed by atoms with Gasteiger partial charge in [-0.25, -0.2) is 4.98 Å². The van der Waals surface area contributed by atoms with Crippen molar-refractivity contribution in [3.63, 3.8) is 0 Å². The van der Waals surface area contributed by atoms with Crippen LogP contribution in [0.25, 0.3) is 33.3 Å². The van der Waals surface area contributed by atoms with E-state index in [0.717, 1.165) is 16.5 Å². The molecule has 0 saturated heterocycles. The van der Waals surface area contributed by atoms with E-state index in [1.54, 1.807) is 18.2 Å². The molecular weight excluding hydrogens is 326 g/mol. The van der Waals surface area contributed by atoms with Crippen molar-refractivity contribution in [2.45, 2.75) is 13.2 Å². The maximum atomic E-state index is 9.77. The van der Waals surface area contributed by atoms with Crippen molar-refractivity contribution in [3.05, 3.63) is 64.7 Å². The lowest BCUT2D eigenvalue weighted by molar-refractivity contribution is -0.0413. The Hall–Kier alpha value is -2.40. The number of aliphatic hydroxyl groups is 2. The number of fused-ring (bicyclic) bond motifs is 2. The summed E-state index contributed by atoms with van der Waals surface area (Å²) < 4.78 is 5.85. The second-order valence-corrected chi connectivity index (χ2v) is 6.17. The van der Waals surface area contributed by atoms with Crippen LogP contribution in [0.15, 0.2) is 52.9 Å². The average molecular weight is 340 g/mol. The molecule has 0 atom stereocenters. The highest BCUT2D eigenvalue weighted by Gasteiger charge is 2.16. The highest BCUT2D eigenvalue weighted by Crippen LogP contribution is 2.33. The number of aliphatic hydroxyl groups excluding tert-OH is 1. The number of para-hydroxylation sites is 1. The smallest absolute Gasteiger partial charge is 0.179 e. The molecule has 0 amide bonds. The first-order chi connectivity index (χ1) is 11.5. The number of pyridine rings is 1. The lowest BCUT2D eigenvalue weighted by Crippen LogP contribution is -2.00. The second kappa shape index (κ2) is 5.60. The monoisotopic (exact) mass is 339 g/mol. The Labute approximate surface area is 142 Å². The molecule has 2 N–H and O–H groups in total. The van der Waals surface area contributed by atoms with Crippen molar-refractivity contribution >= 4 is 33.5 Å². The summed E-state index contributed by atoms with van der Waals surface area (Å²) in [6.45, 7) is 1.89. The summed E-state index contributed by atoms with van der Waals surface area (Å²) in [7, 11) is 0. The van der Waals surface area contributed by atoms with Crippen LogP contribution in [0, 0.1) is 6.92 Å². The Balaban J connectivity index is 2.02. The topological polar surface area (TPSA) is 66.5 Å². The Morgan fingerprint density at radius 2 is 1.88 bits per heavy atom. The minimum absolute atomic E-state index is 0.348. The molecule has 0 bridgehead atoms. The molecule has 0 aliphatic carbocycles. The maximum absolute atomic E-state index is 9.77. The van der Waals surface area contributed by atoms with Gasteiger partial charge in [0, 0.05) is 21.4 Å². The van der Waals surface area contributed by atoms with Crippen LogP contribution in [-0.2, 0) is 0 Å². The molecule has 0 saturated carbocycles. The van der Waals surface area contributed by atoms with Crippen molar-refractivity contribution in [2.24, 2.45) is 0 Å². The quantitative estimate of drug-likeness (QED) is 0.524. The molecule has 0 fully saturated rings. The first kappa shape index (κ1) is 15.1. The third kappa shape index (κ3) is 2.45. The predicted octanol–water partition coefficient (Wildman–Crippen LogP) is 4.59. The van der Waals surface area contributed by atoms with Crippen LogP contribution in [0.2, 0.25) is 5.02 Å². The van der Waals surface area contributed by atoms with Gasteiger partial charge >= 0.3 is 0 Å². The van der Waals surface area contributed by atoms with Crippen LogP contribution in [0.4, 0.5) is 0 Å². The van der Waals surface area contributed by atoms with Gasteiger partial charge in [0.1, 0.15) is 11.3 Å². The van der Waals surface area contributed by atoms with E-state index in [0.29, 0.717) is 32.9 Å². The van der Waals surface area contributed by atoms with Gasteiger partial charge in [-0.05, 0) is 42.8 Å². The SMILES string of the molecule is Cc1cc(Cl)cc2c(C(O)O)cc(-c3cc4ccccc4o3)nc12. The number of aromatic nitrogens is 1. The fourth-order valence-electron chi connectivity index (χ4n) is 2.93. The van der Waals surface area contributed by atoms with E-state index < -0.39 is 6.29 Å². The third-order valence-electron chi connectivity index (χ3n) is 4.06. The number of hydrogen-bond acceptors (Lipinski definition) is 4. The molecule has 2 heterocycles. The number of furan rings is 1. The van der Waals surface area contributed by atoms with Gasteiger partial charge in [0.25, 0.3) is 0 Å². The fourth-order valence-corrected chi connectivity index (χ4v) is 3.20. The Morgan fingerprint density at radius 3 is 2.62 bits per heavy atom. The standard InChI is InChI=1S/C19H14ClNO3/c1-10-6-12(20)8-13-14(19(22)23)9-15(21-18(10)13)17-7-11-4-2-3-5-16(11)24-17/h2-9,19,22-23H,1H3. The van der Waals surface area contributed by atoms with Crippen LogP contribution >= 0.6 is 11.6 Å². The van der Waals surface area contributed by atoms with Crippen molar-refractivity contribution in [3.8, 4) is 11.5 Å². The molecule has 0 aliphatic heterocycles. The zero-order chi connectivity index (χ0) is 16.8. The summed E-state index contributed by atoms with van der Waals surface area (Å²) in [5, 5.41) is 21.7. The first-order valence-corrected chi connectivity index (χ1v) is 7.86. The van der Waals surface area contributed by atoms with Gasteiger partial charge in [-0.15, -0.1) is 0 Å². The Kier molecular flexibility index (Phi) is 3.53. The number of hydrogen-bond donors (Lipinski definition) is 2. The summed E-state index contributed by atoms with van der Waals surface area (Å²) in [5.41, 5.74) is 3.18. The van der Waals surface area contributed by atoms with Crippen molar-refractivity contribution in [2.75, 3.05) is 0 Å². The van der Waals surface area contributed by atoms with E-state index >= 15 is 0 Å². The van der Waals surface area contributed by atoms with E-state index in [4.69, 9.17) is 16.0 Å². The zero-order valence-corrected chi connectivity index (χ0v) is 13.6. The minimum Gasteiger partial charge on any atom is -0.454 e. The van der Waals surface area contributed by atoms with Gasteiger partial charge in [-0.1, -0.05) is 29.8 Å². The molecule has 4 aromatic rings. The molecule has 24 heavy (non-hydrogen) atoms. The maximum Gasteiger partial charge on any atom is 0.179 e. The Bertz CT molecular complexity index is 1040. The summed E-state index contributed by atoms with van der Waals surface area (Å²) >= 11 is 6.10. The van der Waals surface area contributed by atoms with Crippen LogP contribution in [-0.4, -0.2) is 15.2 Å². The summed E-state index contributed by atoms with van der Waals surface area (Å²) in [6.07, 6.45) is -1.63. The number of rotatable bonds is 2. The lowest BCUT2D eigenvalue weighted by atomic mass is 10.0. The summed E-state index contributed by atoms with van der Waals surface area (Å²) in [4.78, 5) is 4.65. The van der Waals surface area contributed by atoms with Gasteiger partial charge in [-0.2, -0.15) is 0 Å². The highest BCUT2D eigenvalue weighted by atomic mass is 35.5. The molecule has 0 aliphatic rings. The molecule has 0 radical (unpaired) electrons. The van der Waals surface area contributed by atoms with Crippen LogP contribution in [0.1, 0.15) is 17.4 Å². The molecule has 0 unspecified atom stereocenters. The highest BCUT2D eigenvalue weighted by molar-refractivity contribution is 6.31. The largest absolute Gasteiger partial charge is 0.454 e. The van der Waals surface area contributed by atoms with Crippen molar-refractivity contribution in [1.29, 1.82) is 0 Å². The summed E-state index contributed by atoms with van der Waals surface area (Å²) in [5.74, 6) is 0.578. The van der Waals surface area contributed by atoms with Crippen molar-refractivity contribution in [1.82, 2.24) is 4.98 Å². The third-order valence-corrected chi connectivity index (χ3v) is 4.28. The van der Waals surface area contributed by atoms with E-state index in [-0.39, 0.29) is 0 Å². The van der Waals surface area contributed by atoms with Crippen LogP contribution < -0.4 is 0 Å². The van der Waals surface area contributed by atoms with Gasteiger partial charge in [0.05, 0.1) is 5.52 Å². The number of nitrogens with zero attached hydrogens (tertiary/aromatic N) is 1. The van der Waals surface area contributed by atoms with Crippen LogP contribution in [0.3, 0.4) is 0 Å². The molecule has 4 rings (SSSR count). The molecule has 4 nitrogen and oxygen atoms in total. The van der Waals surface area contributed by atoms with Crippen LogP contribution in [0.5, 0.6) is 0 Å². The van der Waals surface area contributed by atoms with Gasteiger partial charge < -0.3 is 14.6 Å². The molecule has 2 aromatic carbocycles. The predicted molar refractivity (Wildman–Crippen MR) is 93.9 cm³/mol. The van der Waals surface area contributed by atoms with Gasteiger partial charge in [-0.3, -0.25) is 0 Å². The molecule has 120 valence electrons. The zero-order valence-electron chi connectivity index (χ0n) is 12.8. The Morgan fingerprint density at radius 1 is 1.08 bits per heavy atom. The number of aryl methyl sites for hydroxylation is 1. The fraction of sp³-hybridized carbons (Fsp3) is 0.105. The number of benzene rings is 2. The molecule has 0 spiro atoms. The number of halogens is 1. The molecule has 2 aromatic heterocycles.